The number of hydrogen-bond donors (Lipinski definition) is 4. The van der Waals surface area contributed by atoms with Gasteiger partial charge in [0.1, 0.15) is 11.6 Å². The molecule has 4 N–H and O–H groups in total. The van der Waals surface area contributed by atoms with Crippen LogP contribution in [0.25, 0.3) is 0 Å². The van der Waals surface area contributed by atoms with Crippen molar-refractivity contribution in [2.24, 2.45) is 0 Å². The SMILES string of the molecule is C[C@H](NC(=O)c1cccc(C2(C)NC(=O)NC2=O)c1)C(=O)O. The standard InChI is InChI=1S/C14H15N3O5/c1-7(11(19)20)15-10(18)8-4-3-5-9(6-8)14(2)12(21)16-13(22)17-14/h3-7H,1-2H3,(H,15,18)(H,19,20)(H2,16,17,21,22)/t7-,14?/m0/s1. The highest BCUT2D eigenvalue weighted by Gasteiger charge is 2.43. The zero-order valence-electron chi connectivity index (χ0n) is 12.0. The molecule has 1 aromatic rings. The van der Waals surface area contributed by atoms with E-state index in [1.807, 2.05) is 0 Å². The molecular formula is C14H15N3O5. The first-order valence-electron chi connectivity index (χ1n) is 6.52. The van der Waals surface area contributed by atoms with Crippen LogP contribution in [-0.4, -0.2) is 35.0 Å². The van der Waals surface area contributed by atoms with E-state index in [0.29, 0.717) is 5.56 Å². The Balaban J connectivity index is 2.27. The lowest BCUT2D eigenvalue weighted by Crippen LogP contribution is -2.41. The van der Waals surface area contributed by atoms with Gasteiger partial charge in [0.05, 0.1) is 0 Å². The summed E-state index contributed by atoms with van der Waals surface area (Å²) in [6.07, 6.45) is 0. The molecule has 2 rings (SSSR count). The number of hydrogen-bond acceptors (Lipinski definition) is 4. The summed E-state index contributed by atoms with van der Waals surface area (Å²) in [6.45, 7) is 2.86. The van der Waals surface area contributed by atoms with Crippen LogP contribution in [0.5, 0.6) is 0 Å². The van der Waals surface area contributed by atoms with Crippen molar-refractivity contribution in [2.75, 3.05) is 0 Å². The van der Waals surface area contributed by atoms with Crippen LogP contribution in [0.1, 0.15) is 29.8 Å². The molecule has 0 radical (unpaired) electrons. The van der Waals surface area contributed by atoms with Crippen molar-refractivity contribution < 1.29 is 24.3 Å². The molecule has 8 heteroatoms. The van der Waals surface area contributed by atoms with Crippen LogP contribution in [0, 0.1) is 0 Å². The summed E-state index contributed by atoms with van der Waals surface area (Å²) in [5, 5.41) is 15.7. The van der Waals surface area contributed by atoms with Crippen molar-refractivity contribution >= 4 is 23.8 Å². The summed E-state index contributed by atoms with van der Waals surface area (Å²) in [6, 6.07) is 4.44. The van der Waals surface area contributed by atoms with E-state index in [9.17, 15) is 19.2 Å². The summed E-state index contributed by atoms with van der Waals surface area (Å²) >= 11 is 0. The molecule has 1 aliphatic heterocycles. The Morgan fingerprint density at radius 3 is 2.55 bits per heavy atom. The highest BCUT2D eigenvalue weighted by molar-refractivity contribution is 6.07. The quantitative estimate of drug-likeness (QED) is 0.580. The molecule has 8 nitrogen and oxygen atoms in total. The molecule has 4 amide bonds. The number of rotatable bonds is 4. The van der Waals surface area contributed by atoms with Gasteiger partial charge in [-0.25, -0.2) is 4.79 Å². The lowest BCUT2D eigenvalue weighted by atomic mass is 9.91. The van der Waals surface area contributed by atoms with Crippen molar-refractivity contribution in [1.82, 2.24) is 16.0 Å². The van der Waals surface area contributed by atoms with Gasteiger partial charge in [0, 0.05) is 5.56 Å². The molecular weight excluding hydrogens is 290 g/mol. The Kier molecular flexibility index (Phi) is 3.85. The number of carboxylic acid groups (broad SMARTS) is 1. The van der Waals surface area contributed by atoms with Gasteiger partial charge in [-0.2, -0.15) is 0 Å². The molecule has 1 fully saturated rings. The zero-order valence-corrected chi connectivity index (χ0v) is 12.0. The number of imide groups is 1. The molecule has 1 aliphatic rings. The van der Waals surface area contributed by atoms with Crippen LogP contribution in [-0.2, 0) is 15.1 Å². The van der Waals surface area contributed by atoms with Crippen LogP contribution in [0.2, 0.25) is 0 Å². The maximum Gasteiger partial charge on any atom is 0.325 e. The van der Waals surface area contributed by atoms with E-state index in [-0.39, 0.29) is 5.56 Å². The third kappa shape index (κ3) is 2.76. The minimum absolute atomic E-state index is 0.195. The van der Waals surface area contributed by atoms with E-state index in [1.165, 1.54) is 26.0 Å². The number of benzene rings is 1. The Bertz CT molecular complexity index is 672. The average molecular weight is 305 g/mol. The molecule has 0 aromatic heterocycles. The largest absolute Gasteiger partial charge is 0.480 e. The van der Waals surface area contributed by atoms with Gasteiger partial charge >= 0.3 is 12.0 Å². The molecule has 1 heterocycles. The van der Waals surface area contributed by atoms with Gasteiger partial charge in [0.2, 0.25) is 0 Å². The summed E-state index contributed by atoms with van der Waals surface area (Å²) in [5.74, 6) is -2.25. The molecule has 2 atom stereocenters. The second kappa shape index (κ2) is 5.47. The van der Waals surface area contributed by atoms with Crippen LogP contribution in [0.4, 0.5) is 4.79 Å². The first kappa shape index (κ1) is 15.5. The normalized spacial score (nSPS) is 21.7. The molecule has 0 saturated carbocycles. The van der Waals surface area contributed by atoms with E-state index in [2.05, 4.69) is 16.0 Å². The topological polar surface area (TPSA) is 125 Å². The van der Waals surface area contributed by atoms with Crippen molar-refractivity contribution in [1.29, 1.82) is 0 Å². The first-order valence-corrected chi connectivity index (χ1v) is 6.52. The Hall–Kier alpha value is -2.90. The number of urea groups is 1. The summed E-state index contributed by atoms with van der Waals surface area (Å²) < 4.78 is 0. The number of carbonyl (C=O) groups excluding carboxylic acids is 3. The van der Waals surface area contributed by atoms with Gasteiger partial charge < -0.3 is 15.7 Å². The fraction of sp³-hybridized carbons (Fsp3) is 0.286. The highest BCUT2D eigenvalue weighted by Crippen LogP contribution is 2.25. The number of carbonyl (C=O) groups is 4. The van der Waals surface area contributed by atoms with Gasteiger partial charge in [-0.15, -0.1) is 0 Å². The van der Waals surface area contributed by atoms with Crippen LogP contribution in [0.15, 0.2) is 24.3 Å². The van der Waals surface area contributed by atoms with Crippen LogP contribution >= 0.6 is 0 Å². The second-order valence-electron chi connectivity index (χ2n) is 5.15. The van der Waals surface area contributed by atoms with Gasteiger partial charge in [0.25, 0.3) is 11.8 Å². The Morgan fingerprint density at radius 2 is 2.00 bits per heavy atom. The molecule has 0 bridgehead atoms. The maximum atomic E-state index is 12.0. The maximum absolute atomic E-state index is 12.0. The number of aliphatic carboxylic acids is 1. The third-order valence-electron chi connectivity index (χ3n) is 3.46. The van der Waals surface area contributed by atoms with Gasteiger partial charge in [0.15, 0.2) is 0 Å². The monoisotopic (exact) mass is 305 g/mol. The van der Waals surface area contributed by atoms with E-state index in [1.54, 1.807) is 12.1 Å². The molecule has 22 heavy (non-hydrogen) atoms. The van der Waals surface area contributed by atoms with E-state index >= 15 is 0 Å². The Morgan fingerprint density at radius 1 is 1.32 bits per heavy atom. The van der Waals surface area contributed by atoms with E-state index in [4.69, 9.17) is 5.11 Å². The first-order chi connectivity index (χ1) is 10.2. The minimum atomic E-state index is -1.27. The molecule has 0 aliphatic carbocycles. The lowest BCUT2D eigenvalue weighted by molar-refractivity contribution is -0.138. The van der Waals surface area contributed by atoms with Crippen molar-refractivity contribution in [3.05, 3.63) is 35.4 Å². The van der Waals surface area contributed by atoms with E-state index in [0.717, 1.165) is 0 Å². The molecule has 1 saturated heterocycles. The minimum Gasteiger partial charge on any atom is -0.480 e. The highest BCUT2D eigenvalue weighted by atomic mass is 16.4. The van der Waals surface area contributed by atoms with Gasteiger partial charge in [-0.3, -0.25) is 19.7 Å². The molecule has 1 aromatic carbocycles. The summed E-state index contributed by atoms with van der Waals surface area (Å²) in [5.41, 5.74) is -0.654. The zero-order chi connectivity index (χ0) is 16.5. The number of amides is 4. The second-order valence-corrected chi connectivity index (χ2v) is 5.15. The average Bonchev–Trinajstić information content (AvgIpc) is 2.72. The smallest absolute Gasteiger partial charge is 0.325 e. The molecule has 0 spiro atoms. The van der Waals surface area contributed by atoms with Gasteiger partial charge in [-0.1, -0.05) is 12.1 Å². The fourth-order valence-corrected chi connectivity index (χ4v) is 2.06. The van der Waals surface area contributed by atoms with Crippen molar-refractivity contribution in [3.8, 4) is 0 Å². The predicted molar refractivity (Wildman–Crippen MR) is 75.0 cm³/mol. The lowest BCUT2D eigenvalue weighted by Gasteiger charge is -2.21. The van der Waals surface area contributed by atoms with Gasteiger partial charge in [-0.05, 0) is 31.5 Å². The van der Waals surface area contributed by atoms with Crippen molar-refractivity contribution in [2.45, 2.75) is 25.4 Å². The fourth-order valence-electron chi connectivity index (χ4n) is 2.06. The number of nitrogens with one attached hydrogen (secondary N) is 3. The predicted octanol–water partition coefficient (Wildman–Crippen LogP) is -0.0559. The Labute approximate surface area is 125 Å². The third-order valence-corrected chi connectivity index (χ3v) is 3.46. The van der Waals surface area contributed by atoms with Crippen LogP contribution in [0.3, 0.4) is 0 Å². The van der Waals surface area contributed by atoms with Crippen LogP contribution < -0.4 is 16.0 Å². The number of carboxylic acids is 1. The molecule has 116 valence electrons. The van der Waals surface area contributed by atoms with E-state index < -0.39 is 35.4 Å². The molecule has 1 unspecified atom stereocenters. The summed E-state index contributed by atoms with van der Waals surface area (Å²) in [7, 11) is 0. The van der Waals surface area contributed by atoms with Crippen molar-refractivity contribution in [3.63, 3.8) is 0 Å². The summed E-state index contributed by atoms with van der Waals surface area (Å²) in [4.78, 5) is 45.9.